The molecule has 1 fully saturated rings. The molecule has 1 N–H and O–H groups in total. The number of hydrogen-bond acceptors (Lipinski definition) is 6. The van der Waals surface area contributed by atoms with Crippen molar-refractivity contribution < 1.29 is 4.74 Å². The van der Waals surface area contributed by atoms with Crippen molar-refractivity contribution in [1.29, 1.82) is 0 Å². The Kier molecular flexibility index (Phi) is 3.91. The maximum atomic E-state index is 6.26. The number of benzene rings is 1. The van der Waals surface area contributed by atoms with Crippen molar-refractivity contribution >= 4 is 49.2 Å². The Morgan fingerprint density at radius 3 is 2.78 bits per heavy atom. The molecule has 2 unspecified atom stereocenters. The third kappa shape index (κ3) is 2.80. The van der Waals surface area contributed by atoms with Crippen molar-refractivity contribution in [2.45, 2.75) is 25.3 Å². The number of halogens is 1. The Morgan fingerprint density at radius 1 is 1.19 bits per heavy atom. The molecule has 5 nitrogen and oxygen atoms in total. The lowest BCUT2D eigenvalue weighted by Crippen LogP contribution is -2.06. The minimum atomic E-state index is 0.374. The average molecular weight is 397 g/mol. The Hall–Kier alpha value is -2.44. The number of ether oxygens (including phenoxy) is 1. The van der Waals surface area contributed by atoms with E-state index in [9.17, 15) is 0 Å². The standard InChI is InChI=1S/C20H17ClN4OS/c1-10-14(21)8-22-20-16(10)17-18(27-20)19(24-9-23-17)25-15-7-13(15)11-3-5-12(26-2)6-4-11/h3-6,8-9,13,15H,7H2,1-2H3,(H,23,24,25). The number of fused-ring (bicyclic) bond motifs is 3. The van der Waals surface area contributed by atoms with Crippen LogP contribution in [0.1, 0.15) is 23.5 Å². The van der Waals surface area contributed by atoms with Crippen LogP contribution in [0.3, 0.4) is 0 Å². The number of aromatic nitrogens is 3. The van der Waals surface area contributed by atoms with Gasteiger partial charge in [-0.1, -0.05) is 23.7 Å². The van der Waals surface area contributed by atoms with Gasteiger partial charge in [-0.15, -0.1) is 11.3 Å². The summed E-state index contributed by atoms with van der Waals surface area (Å²) >= 11 is 7.87. The Bertz CT molecular complexity index is 1160. The zero-order valence-corrected chi connectivity index (χ0v) is 16.4. The molecule has 5 rings (SSSR count). The molecule has 1 saturated carbocycles. The highest BCUT2D eigenvalue weighted by molar-refractivity contribution is 7.26. The van der Waals surface area contributed by atoms with Gasteiger partial charge in [0, 0.05) is 23.5 Å². The lowest BCUT2D eigenvalue weighted by atomic mass is 10.1. The molecule has 0 aliphatic heterocycles. The number of nitrogens with one attached hydrogen (secondary N) is 1. The van der Waals surface area contributed by atoms with Gasteiger partial charge in [-0.3, -0.25) is 0 Å². The molecule has 1 aliphatic carbocycles. The van der Waals surface area contributed by atoms with E-state index in [0.717, 1.165) is 44.0 Å². The van der Waals surface area contributed by atoms with Gasteiger partial charge in [0.25, 0.3) is 0 Å². The van der Waals surface area contributed by atoms with E-state index in [1.54, 1.807) is 31.0 Å². The predicted molar refractivity (Wildman–Crippen MR) is 110 cm³/mol. The first-order chi connectivity index (χ1) is 13.2. The quantitative estimate of drug-likeness (QED) is 0.515. The van der Waals surface area contributed by atoms with Gasteiger partial charge < -0.3 is 10.1 Å². The maximum Gasteiger partial charge on any atom is 0.147 e. The fourth-order valence-corrected chi connectivity index (χ4v) is 4.76. The highest BCUT2D eigenvalue weighted by Crippen LogP contribution is 2.45. The minimum Gasteiger partial charge on any atom is -0.497 e. The molecule has 0 amide bonds. The molecule has 3 heterocycles. The Labute approximate surface area is 165 Å². The number of aryl methyl sites for hydroxylation is 1. The third-order valence-electron chi connectivity index (χ3n) is 5.14. The summed E-state index contributed by atoms with van der Waals surface area (Å²) in [4.78, 5) is 14.4. The SMILES string of the molecule is COc1ccc(C2CC2Nc2ncnc3c2sc2ncc(Cl)c(C)c23)cc1. The van der Waals surface area contributed by atoms with E-state index in [1.165, 1.54) is 5.56 Å². The second-order valence-corrected chi connectivity index (χ2v) is 8.19. The lowest BCUT2D eigenvalue weighted by Gasteiger charge is -2.07. The Balaban J connectivity index is 1.47. The predicted octanol–water partition coefficient (Wildman–Crippen LogP) is 5.18. The summed E-state index contributed by atoms with van der Waals surface area (Å²) in [6.45, 7) is 2.01. The first kappa shape index (κ1) is 16.7. The normalized spacial score (nSPS) is 18.8. The van der Waals surface area contributed by atoms with Gasteiger partial charge in [-0.2, -0.15) is 0 Å². The minimum absolute atomic E-state index is 0.374. The molecule has 1 aliphatic rings. The first-order valence-corrected chi connectivity index (χ1v) is 9.94. The second-order valence-electron chi connectivity index (χ2n) is 6.78. The van der Waals surface area contributed by atoms with Gasteiger partial charge in [-0.25, -0.2) is 15.0 Å². The molecule has 3 aromatic heterocycles. The second kappa shape index (κ2) is 6.32. The molecule has 0 spiro atoms. The number of rotatable bonds is 4. The summed E-state index contributed by atoms with van der Waals surface area (Å²) in [5, 5.41) is 5.29. The lowest BCUT2D eigenvalue weighted by molar-refractivity contribution is 0.414. The summed E-state index contributed by atoms with van der Waals surface area (Å²) < 4.78 is 6.27. The number of hydrogen-bond donors (Lipinski definition) is 1. The molecular weight excluding hydrogens is 380 g/mol. The third-order valence-corrected chi connectivity index (χ3v) is 6.61. The molecule has 1 aromatic carbocycles. The first-order valence-electron chi connectivity index (χ1n) is 8.74. The average Bonchev–Trinajstić information content (AvgIpc) is 3.35. The summed E-state index contributed by atoms with van der Waals surface area (Å²) in [5.41, 5.74) is 3.25. The van der Waals surface area contributed by atoms with Crippen LogP contribution in [0.25, 0.3) is 20.4 Å². The van der Waals surface area contributed by atoms with Gasteiger partial charge >= 0.3 is 0 Å². The van der Waals surface area contributed by atoms with Crippen molar-refractivity contribution in [2.24, 2.45) is 0 Å². The van der Waals surface area contributed by atoms with Crippen molar-refractivity contribution in [1.82, 2.24) is 15.0 Å². The van der Waals surface area contributed by atoms with Crippen LogP contribution in [0, 0.1) is 6.92 Å². The van der Waals surface area contributed by atoms with Gasteiger partial charge in [0.2, 0.25) is 0 Å². The molecule has 0 saturated heterocycles. The summed E-state index contributed by atoms with van der Waals surface area (Å²) in [7, 11) is 1.69. The van der Waals surface area contributed by atoms with E-state index in [4.69, 9.17) is 16.3 Å². The monoisotopic (exact) mass is 396 g/mol. The summed E-state index contributed by atoms with van der Waals surface area (Å²) in [6, 6.07) is 8.67. The number of thiophene rings is 1. The van der Waals surface area contributed by atoms with Crippen LogP contribution in [-0.2, 0) is 0 Å². The van der Waals surface area contributed by atoms with Gasteiger partial charge in [0.05, 0.1) is 22.3 Å². The highest BCUT2D eigenvalue weighted by atomic mass is 35.5. The van der Waals surface area contributed by atoms with Crippen LogP contribution in [-0.4, -0.2) is 28.1 Å². The zero-order chi connectivity index (χ0) is 18.5. The van der Waals surface area contributed by atoms with Crippen molar-refractivity contribution in [2.75, 3.05) is 12.4 Å². The van der Waals surface area contributed by atoms with E-state index in [1.807, 2.05) is 19.1 Å². The molecular formula is C20H17ClN4OS. The van der Waals surface area contributed by atoms with Crippen molar-refractivity contribution in [3.8, 4) is 5.75 Å². The van der Waals surface area contributed by atoms with Crippen LogP contribution in [0.15, 0.2) is 36.8 Å². The number of pyridine rings is 1. The van der Waals surface area contributed by atoms with E-state index in [-0.39, 0.29) is 0 Å². The van der Waals surface area contributed by atoms with Gasteiger partial charge in [0.1, 0.15) is 22.7 Å². The van der Waals surface area contributed by atoms with Gasteiger partial charge in [-0.05, 0) is 36.6 Å². The summed E-state index contributed by atoms with van der Waals surface area (Å²) in [5.74, 6) is 2.25. The van der Waals surface area contributed by atoms with E-state index >= 15 is 0 Å². The zero-order valence-electron chi connectivity index (χ0n) is 14.9. The van der Waals surface area contributed by atoms with Crippen molar-refractivity contribution in [3.05, 3.63) is 52.9 Å². The Morgan fingerprint density at radius 2 is 2.00 bits per heavy atom. The molecule has 4 aromatic rings. The molecule has 0 bridgehead atoms. The van der Waals surface area contributed by atoms with Crippen LogP contribution in [0.2, 0.25) is 5.02 Å². The number of anilines is 1. The largest absolute Gasteiger partial charge is 0.497 e. The summed E-state index contributed by atoms with van der Waals surface area (Å²) in [6.07, 6.45) is 4.41. The molecule has 7 heteroatoms. The van der Waals surface area contributed by atoms with Crippen LogP contribution in [0.5, 0.6) is 5.75 Å². The maximum absolute atomic E-state index is 6.26. The molecule has 136 valence electrons. The molecule has 0 radical (unpaired) electrons. The van der Waals surface area contributed by atoms with Crippen LogP contribution >= 0.6 is 22.9 Å². The molecule has 27 heavy (non-hydrogen) atoms. The smallest absolute Gasteiger partial charge is 0.147 e. The molecule has 2 atom stereocenters. The number of methoxy groups -OCH3 is 1. The highest BCUT2D eigenvalue weighted by Gasteiger charge is 2.39. The fraction of sp³-hybridized carbons (Fsp3) is 0.250. The van der Waals surface area contributed by atoms with E-state index in [2.05, 4.69) is 32.4 Å². The fourth-order valence-electron chi connectivity index (χ4n) is 3.51. The van der Waals surface area contributed by atoms with Gasteiger partial charge in [0.15, 0.2) is 0 Å². The van der Waals surface area contributed by atoms with E-state index < -0.39 is 0 Å². The topological polar surface area (TPSA) is 59.9 Å². The van der Waals surface area contributed by atoms with Crippen LogP contribution < -0.4 is 10.1 Å². The van der Waals surface area contributed by atoms with E-state index in [0.29, 0.717) is 17.0 Å². The van der Waals surface area contributed by atoms with Crippen LogP contribution in [0.4, 0.5) is 5.82 Å². The van der Waals surface area contributed by atoms with Crippen molar-refractivity contribution in [3.63, 3.8) is 0 Å². The number of nitrogens with zero attached hydrogens (tertiary/aromatic N) is 3.